The van der Waals surface area contributed by atoms with Gasteiger partial charge in [-0.05, 0) is 51.4 Å². The van der Waals surface area contributed by atoms with Crippen molar-refractivity contribution in [3.8, 4) is 0 Å². The van der Waals surface area contributed by atoms with Gasteiger partial charge in [0.1, 0.15) is 6.61 Å². The van der Waals surface area contributed by atoms with E-state index in [-0.39, 0.29) is 32.6 Å². The smallest absolute Gasteiger partial charge is 0.462 e. The molecule has 9 nitrogen and oxygen atoms in total. The molecular formula is C40H76NO8P. The monoisotopic (exact) mass is 730 g/mol. The highest BCUT2D eigenvalue weighted by atomic mass is 31.2. The lowest BCUT2D eigenvalue weighted by Gasteiger charge is -2.19. The van der Waals surface area contributed by atoms with Crippen LogP contribution in [0.5, 0.6) is 0 Å². The number of unbranched alkanes of at least 4 members (excludes halogenated alkanes) is 23. The molecule has 50 heavy (non-hydrogen) atoms. The lowest BCUT2D eigenvalue weighted by atomic mass is 10.0. The molecule has 0 aromatic heterocycles. The van der Waals surface area contributed by atoms with Crippen LogP contribution in [0.3, 0.4) is 0 Å². The maximum Gasteiger partial charge on any atom is 0.472 e. The van der Waals surface area contributed by atoms with Gasteiger partial charge < -0.3 is 20.1 Å². The highest BCUT2D eigenvalue weighted by Crippen LogP contribution is 2.43. The van der Waals surface area contributed by atoms with E-state index in [0.717, 1.165) is 64.2 Å². The van der Waals surface area contributed by atoms with Gasteiger partial charge in [-0.3, -0.25) is 18.6 Å². The summed E-state index contributed by atoms with van der Waals surface area (Å²) < 4.78 is 32.7. The minimum absolute atomic E-state index is 0.0528. The second-order valence-electron chi connectivity index (χ2n) is 13.6. The van der Waals surface area contributed by atoms with Gasteiger partial charge in [0.2, 0.25) is 0 Å². The van der Waals surface area contributed by atoms with Crippen molar-refractivity contribution < 1.29 is 37.6 Å². The summed E-state index contributed by atoms with van der Waals surface area (Å²) in [4.78, 5) is 34.8. The predicted molar refractivity (Wildman–Crippen MR) is 206 cm³/mol. The molecule has 0 aliphatic carbocycles. The van der Waals surface area contributed by atoms with Gasteiger partial charge in [-0.15, -0.1) is 6.58 Å². The molecule has 0 amide bonds. The molecule has 0 spiro atoms. The normalized spacial score (nSPS) is 13.3. The number of ether oxygens (including phenoxy) is 2. The Morgan fingerprint density at radius 2 is 1.08 bits per heavy atom. The van der Waals surface area contributed by atoms with Crippen LogP contribution in [0.25, 0.3) is 0 Å². The van der Waals surface area contributed by atoms with Crippen LogP contribution in [0.15, 0.2) is 24.8 Å². The number of phosphoric acid groups is 1. The largest absolute Gasteiger partial charge is 0.472 e. The van der Waals surface area contributed by atoms with Gasteiger partial charge in [0.15, 0.2) is 6.10 Å². The second kappa shape index (κ2) is 37.3. The summed E-state index contributed by atoms with van der Waals surface area (Å²) in [5, 5.41) is 0. The third-order valence-electron chi connectivity index (χ3n) is 8.71. The van der Waals surface area contributed by atoms with E-state index < -0.39 is 32.5 Å². The number of rotatable bonds is 39. The van der Waals surface area contributed by atoms with Gasteiger partial charge in [0, 0.05) is 19.4 Å². The second-order valence-corrected chi connectivity index (χ2v) is 15.0. The summed E-state index contributed by atoms with van der Waals surface area (Å²) >= 11 is 0. The molecule has 0 heterocycles. The molecule has 10 heteroatoms. The summed E-state index contributed by atoms with van der Waals surface area (Å²) in [6.45, 7) is 5.23. The topological polar surface area (TPSA) is 134 Å². The molecule has 0 bridgehead atoms. The Morgan fingerprint density at radius 1 is 0.640 bits per heavy atom. The summed E-state index contributed by atoms with van der Waals surface area (Å²) in [5.74, 6) is -0.838. The van der Waals surface area contributed by atoms with E-state index >= 15 is 0 Å². The van der Waals surface area contributed by atoms with Crippen molar-refractivity contribution in [2.24, 2.45) is 5.73 Å². The molecule has 0 radical (unpaired) electrons. The molecule has 2 atom stereocenters. The van der Waals surface area contributed by atoms with E-state index in [0.29, 0.717) is 6.42 Å². The van der Waals surface area contributed by atoms with Gasteiger partial charge >= 0.3 is 19.8 Å². The summed E-state index contributed by atoms with van der Waals surface area (Å²) in [7, 11) is -4.37. The van der Waals surface area contributed by atoms with Crippen molar-refractivity contribution in [3.05, 3.63) is 24.8 Å². The number of hydrogen-bond acceptors (Lipinski definition) is 8. The highest BCUT2D eigenvalue weighted by Gasteiger charge is 2.26. The van der Waals surface area contributed by atoms with Crippen molar-refractivity contribution in [2.45, 2.75) is 193 Å². The fourth-order valence-electron chi connectivity index (χ4n) is 5.67. The maximum absolute atomic E-state index is 12.5. The van der Waals surface area contributed by atoms with Crippen LogP contribution >= 0.6 is 7.82 Å². The average Bonchev–Trinajstić information content (AvgIpc) is 3.10. The Morgan fingerprint density at radius 3 is 1.56 bits per heavy atom. The fourth-order valence-corrected chi connectivity index (χ4v) is 6.43. The van der Waals surface area contributed by atoms with Gasteiger partial charge in [-0.25, -0.2) is 4.57 Å². The molecule has 0 fully saturated rings. The number of carbonyl (C=O) groups excluding carboxylic acids is 2. The van der Waals surface area contributed by atoms with Crippen LogP contribution < -0.4 is 5.73 Å². The third-order valence-corrected chi connectivity index (χ3v) is 9.69. The van der Waals surface area contributed by atoms with Crippen LogP contribution in [0.4, 0.5) is 0 Å². The molecule has 0 saturated heterocycles. The Balaban J connectivity index is 4.17. The molecule has 0 aliphatic rings. The van der Waals surface area contributed by atoms with E-state index in [1.54, 1.807) is 0 Å². The van der Waals surface area contributed by atoms with Crippen LogP contribution in [0.2, 0.25) is 0 Å². The first-order valence-corrected chi connectivity index (χ1v) is 21.8. The number of carbonyl (C=O) groups is 2. The summed E-state index contributed by atoms with van der Waals surface area (Å²) in [5.41, 5.74) is 5.34. The summed E-state index contributed by atoms with van der Waals surface area (Å²) in [6.07, 6.45) is 36.7. The molecule has 3 N–H and O–H groups in total. The number of nitrogens with two attached hydrogens (primary N) is 1. The number of phosphoric ester groups is 1. The minimum Gasteiger partial charge on any atom is -0.462 e. The first-order chi connectivity index (χ1) is 24.3. The quantitative estimate of drug-likeness (QED) is 0.0274. The molecule has 0 rings (SSSR count). The van der Waals surface area contributed by atoms with Crippen molar-refractivity contribution >= 4 is 19.8 Å². The Bertz CT molecular complexity index is 868. The lowest BCUT2D eigenvalue weighted by Crippen LogP contribution is -2.29. The van der Waals surface area contributed by atoms with Crippen molar-refractivity contribution in [1.29, 1.82) is 0 Å². The molecule has 1 unspecified atom stereocenters. The molecule has 0 saturated carbocycles. The lowest BCUT2D eigenvalue weighted by molar-refractivity contribution is -0.161. The number of esters is 2. The minimum atomic E-state index is -4.37. The van der Waals surface area contributed by atoms with E-state index in [1.807, 2.05) is 6.08 Å². The average molecular weight is 730 g/mol. The van der Waals surface area contributed by atoms with Crippen molar-refractivity contribution in [3.63, 3.8) is 0 Å². The predicted octanol–water partition coefficient (Wildman–Crippen LogP) is 11.2. The first-order valence-electron chi connectivity index (χ1n) is 20.3. The van der Waals surface area contributed by atoms with Crippen molar-refractivity contribution in [1.82, 2.24) is 0 Å². The summed E-state index contributed by atoms with van der Waals surface area (Å²) in [6, 6.07) is 0. The van der Waals surface area contributed by atoms with Crippen LogP contribution in [-0.4, -0.2) is 49.3 Å². The van der Waals surface area contributed by atoms with E-state index in [9.17, 15) is 19.0 Å². The zero-order chi connectivity index (χ0) is 36.8. The van der Waals surface area contributed by atoms with E-state index in [4.69, 9.17) is 24.3 Å². The Hall–Kier alpha value is -1.51. The third kappa shape index (κ3) is 36.3. The van der Waals surface area contributed by atoms with Crippen molar-refractivity contribution in [2.75, 3.05) is 26.4 Å². The van der Waals surface area contributed by atoms with Gasteiger partial charge in [-0.1, -0.05) is 141 Å². The standard InChI is InChI=1S/C40H76NO8P/c1-3-5-7-9-11-13-15-17-19-21-23-25-27-29-31-33-40(43)49-38(37-48-50(44,45)47-35-34-41)36-46-39(42)32-30-28-26-24-22-20-18-16-14-12-10-8-6-4-2/h3,16,18,38H,1,4-15,17,19-37,41H2,2H3,(H,44,45)/b18-16+/t38-/m1/s1. The van der Waals surface area contributed by atoms with E-state index in [1.165, 1.54) is 96.3 Å². The molecule has 0 aromatic rings. The molecular weight excluding hydrogens is 653 g/mol. The van der Waals surface area contributed by atoms with Gasteiger partial charge in [0.05, 0.1) is 13.2 Å². The number of hydrogen-bond donors (Lipinski definition) is 2. The van der Waals surface area contributed by atoms with Gasteiger partial charge in [-0.2, -0.15) is 0 Å². The zero-order valence-electron chi connectivity index (χ0n) is 32.0. The molecule has 0 aliphatic heterocycles. The van der Waals surface area contributed by atoms with Crippen LogP contribution in [-0.2, 0) is 32.7 Å². The molecule has 294 valence electrons. The Labute approximate surface area is 306 Å². The first kappa shape index (κ1) is 48.5. The number of allylic oxidation sites excluding steroid dienone is 3. The Kier molecular flexibility index (Phi) is 36.1. The fraction of sp³-hybridized carbons (Fsp3) is 0.850. The van der Waals surface area contributed by atoms with Crippen LogP contribution in [0.1, 0.15) is 187 Å². The zero-order valence-corrected chi connectivity index (χ0v) is 32.9. The SMILES string of the molecule is C=CCCCCCCCCCCCCCCCC(=O)O[C@H](COC(=O)CCCCCCC/C=C/CCCCCCC)COP(=O)(O)OCCN. The van der Waals surface area contributed by atoms with E-state index in [2.05, 4.69) is 25.7 Å². The maximum atomic E-state index is 12.5. The van der Waals surface area contributed by atoms with Crippen LogP contribution in [0, 0.1) is 0 Å². The molecule has 0 aromatic carbocycles. The highest BCUT2D eigenvalue weighted by molar-refractivity contribution is 7.47. The van der Waals surface area contributed by atoms with Gasteiger partial charge in [0.25, 0.3) is 0 Å².